The quantitative estimate of drug-likeness (QED) is 0.470. The van der Waals surface area contributed by atoms with Crippen molar-refractivity contribution in [1.82, 2.24) is 14.8 Å². The number of pyridine rings is 1. The summed E-state index contributed by atoms with van der Waals surface area (Å²) in [5.74, 6) is -1.06. The zero-order valence-electron chi connectivity index (χ0n) is 19.7. The molecule has 0 amide bonds. The van der Waals surface area contributed by atoms with E-state index < -0.39 is 5.97 Å². The van der Waals surface area contributed by atoms with E-state index in [-0.39, 0.29) is 11.1 Å². The standard InChI is InChI=1S/C27H28N4O3/c1-27(2,3)24-23-21(18-9-11-19(12-10-18)30-13-15-34-16-14-30)17-22(26(32)33)28-25(23)31(29-24)20-7-5-4-6-8-20/h4-12,17H,13-16H2,1-3H3,(H,32,33). The second-order valence-corrected chi connectivity index (χ2v) is 9.55. The molecule has 4 aromatic rings. The summed E-state index contributed by atoms with van der Waals surface area (Å²) >= 11 is 0. The Bertz CT molecular complexity index is 1330. The Hall–Kier alpha value is -3.71. The first-order valence-corrected chi connectivity index (χ1v) is 11.5. The number of aromatic nitrogens is 3. The Labute approximate surface area is 198 Å². The number of fused-ring (bicyclic) bond motifs is 1. The third-order valence-electron chi connectivity index (χ3n) is 6.12. The molecule has 2 aromatic carbocycles. The van der Waals surface area contributed by atoms with Gasteiger partial charge in [-0.15, -0.1) is 0 Å². The molecule has 0 unspecified atom stereocenters. The lowest BCUT2D eigenvalue weighted by atomic mass is 9.87. The molecule has 0 saturated carbocycles. The predicted octanol–water partition coefficient (Wildman–Crippen LogP) is 4.92. The number of benzene rings is 2. The van der Waals surface area contributed by atoms with E-state index in [0.717, 1.165) is 59.9 Å². The number of para-hydroxylation sites is 1. The van der Waals surface area contributed by atoms with Crippen molar-refractivity contribution in [1.29, 1.82) is 0 Å². The molecule has 3 heterocycles. The number of ether oxygens (including phenoxy) is 1. The maximum Gasteiger partial charge on any atom is 0.354 e. The minimum Gasteiger partial charge on any atom is -0.477 e. The van der Waals surface area contributed by atoms with Crippen molar-refractivity contribution >= 4 is 22.7 Å². The van der Waals surface area contributed by atoms with Crippen LogP contribution >= 0.6 is 0 Å². The lowest BCUT2D eigenvalue weighted by Crippen LogP contribution is -2.36. The van der Waals surface area contributed by atoms with Crippen LogP contribution in [0.15, 0.2) is 60.7 Å². The minimum absolute atomic E-state index is 0.00250. The number of carboxylic acids is 1. The van der Waals surface area contributed by atoms with Crippen molar-refractivity contribution in [3.05, 3.63) is 72.1 Å². The molecule has 7 heteroatoms. The van der Waals surface area contributed by atoms with E-state index in [9.17, 15) is 9.90 Å². The van der Waals surface area contributed by atoms with E-state index in [1.807, 2.05) is 30.3 Å². The number of morpholine rings is 1. The number of carboxylic acid groups (broad SMARTS) is 1. The predicted molar refractivity (Wildman–Crippen MR) is 133 cm³/mol. The van der Waals surface area contributed by atoms with Gasteiger partial charge in [-0.05, 0) is 41.5 Å². The molecule has 34 heavy (non-hydrogen) atoms. The summed E-state index contributed by atoms with van der Waals surface area (Å²) in [6.07, 6.45) is 0. The van der Waals surface area contributed by atoms with Crippen molar-refractivity contribution in [2.45, 2.75) is 26.2 Å². The van der Waals surface area contributed by atoms with E-state index in [1.54, 1.807) is 10.7 Å². The highest BCUT2D eigenvalue weighted by atomic mass is 16.5. The first-order valence-electron chi connectivity index (χ1n) is 11.5. The maximum absolute atomic E-state index is 12.0. The summed E-state index contributed by atoms with van der Waals surface area (Å²) in [5.41, 5.74) is 4.88. The summed E-state index contributed by atoms with van der Waals surface area (Å²) in [6, 6.07) is 19.7. The highest BCUT2D eigenvalue weighted by Gasteiger charge is 2.28. The zero-order valence-corrected chi connectivity index (χ0v) is 19.7. The average Bonchev–Trinajstić information content (AvgIpc) is 3.25. The Morgan fingerprint density at radius 2 is 1.65 bits per heavy atom. The molecule has 2 aromatic heterocycles. The molecule has 0 radical (unpaired) electrons. The second kappa shape index (κ2) is 8.57. The SMILES string of the molecule is CC(C)(C)c1nn(-c2ccccc2)c2nc(C(=O)O)cc(-c3ccc(N4CCOCC4)cc3)c12. The fourth-order valence-electron chi connectivity index (χ4n) is 4.40. The summed E-state index contributed by atoms with van der Waals surface area (Å²) in [7, 11) is 0. The van der Waals surface area contributed by atoms with Crippen molar-refractivity contribution in [2.24, 2.45) is 0 Å². The molecular formula is C27H28N4O3. The van der Waals surface area contributed by atoms with Gasteiger partial charge >= 0.3 is 5.97 Å². The molecule has 0 aliphatic carbocycles. The molecule has 1 saturated heterocycles. The van der Waals surface area contributed by atoms with Crippen LogP contribution < -0.4 is 4.90 Å². The van der Waals surface area contributed by atoms with E-state index in [4.69, 9.17) is 9.84 Å². The van der Waals surface area contributed by atoms with E-state index in [2.05, 4.69) is 54.9 Å². The number of anilines is 1. The Balaban J connectivity index is 1.74. The fourth-order valence-corrected chi connectivity index (χ4v) is 4.40. The molecule has 0 atom stereocenters. The van der Waals surface area contributed by atoms with Gasteiger partial charge in [0.05, 0.1) is 30.0 Å². The molecule has 1 fully saturated rings. The number of nitrogens with zero attached hydrogens (tertiary/aromatic N) is 4. The highest BCUT2D eigenvalue weighted by molar-refractivity contribution is 6.00. The van der Waals surface area contributed by atoms with Crippen LogP contribution in [0.3, 0.4) is 0 Å². The number of hydrogen-bond acceptors (Lipinski definition) is 5. The molecule has 5 rings (SSSR count). The van der Waals surface area contributed by atoms with Crippen molar-refractivity contribution < 1.29 is 14.6 Å². The molecule has 1 N–H and O–H groups in total. The first-order chi connectivity index (χ1) is 16.3. The van der Waals surface area contributed by atoms with Gasteiger partial charge in [-0.3, -0.25) is 0 Å². The second-order valence-electron chi connectivity index (χ2n) is 9.55. The Morgan fingerprint density at radius 1 is 0.971 bits per heavy atom. The highest BCUT2D eigenvalue weighted by Crippen LogP contribution is 2.38. The third-order valence-corrected chi connectivity index (χ3v) is 6.12. The topological polar surface area (TPSA) is 80.5 Å². The van der Waals surface area contributed by atoms with Crippen molar-refractivity contribution in [2.75, 3.05) is 31.2 Å². The van der Waals surface area contributed by atoms with E-state index >= 15 is 0 Å². The zero-order chi connectivity index (χ0) is 23.9. The van der Waals surface area contributed by atoms with Crippen LogP contribution in [-0.4, -0.2) is 52.1 Å². The van der Waals surface area contributed by atoms with Crippen LogP contribution in [0.5, 0.6) is 0 Å². The fraction of sp³-hybridized carbons (Fsp3) is 0.296. The van der Waals surface area contributed by atoms with Gasteiger partial charge in [0.2, 0.25) is 0 Å². The van der Waals surface area contributed by atoms with Crippen LogP contribution in [0.1, 0.15) is 37.0 Å². The average molecular weight is 457 g/mol. The molecule has 1 aliphatic rings. The lowest BCUT2D eigenvalue weighted by Gasteiger charge is -2.29. The van der Waals surface area contributed by atoms with Gasteiger partial charge in [0.15, 0.2) is 11.3 Å². The van der Waals surface area contributed by atoms with Gasteiger partial charge < -0.3 is 14.7 Å². The molecular weight excluding hydrogens is 428 g/mol. The molecule has 7 nitrogen and oxygen atoms in total. The van der Waals surface area contributed by atoms with E-state index in [1.165, 1.54) is 0 Å². The first kappa shape index (κ1) is 22.1. The van der Waals surface area contributed by atoms with Gasteiger partial charge in [0.1, 0.15) is 0 Å². The number of rotatable bonds is 4. The van der Waals surface area contributed by atoms with E-state index in [0.29, 0.717) is 5.65 Å². The summed E-state index contributed by atoms with van der Waals surface area (Å²) in [5, 5.41) is 15.7. The Morgan fingerprint density at radius 3 is 2.26 bits per heavy atom. The van der Waals surface area contributed by atoms with Gasteiger partial charge in [-0.25, -0.2) is 14.5 Å². The van der Waals surface area contributed by atoms with Crippen molar-refractivity contribution in [3.63, 3.8) is 0 Å². The largest absolute Gasteiger partial charge is 0.477 e. The summed E-state index contributed by atoms with van der Waals surface area (Å²) < 4.78 is 7.23. The molecule has 0 spiro atoms. The maximum atomic E-state index is 12.0. The summed E-state index contributed by atoms with van der Waals surface area (Å²) in [6.45, 7) is 9.51. The molecule has 0 bridgehead atoms. The monoisotopic (exact) mass is 456 g/mol. The van der Waals surface area contributed by atoms with Crippen LogP contribution in [0.4, 0.5) is 5.69 Å². The lowest BCUT2D eigenvalue weighted by molar-refractivity contribution is 0.0691. The molecule has 174 valence electrons. The van der Waals surface area contributed by atoms with Crippen LogP contribution in [0.2, 0.25) is 0 Å². The van der Waals surface area contributed by atoms with Crippen molar-refractivity contribution in [3.8, 4) is 16.8 Å². The minimum atomic E-state index is -1.06. The number of aromatic carboxylic acids is 1. The van der Waals surface area contributed by atoms with Gasteiger partial charge in [0.25, 0.3) is 0 Å². The van der Waals surface area contributed by atoms with Gasteiger partial charge in [-0.1, -0.05) is 51.1 Å². The summed E-state index contributed by atoms with van der Waals surface area (Å²) in [4.78, 5) is 18.9. The third kappa shape index (κ3) is 4.03. The smallest absolute Gasteiger partial charge is 0.354 e. The van der Waals surface area contributed by atoms with Gasteiger partial charge in [-0.2, -0.15) is 5.10 Å². The Kier molecular flexibility index (Phi) is 5.57. The number of hydrogen-bond donors (Lipinski definition) is 1. The van der Waals surface area contributed by atoms with Crippen LogP contribution in [0, 0.1) is 0 Å². The number of carbonyl (C=O) groups is 1. The van der Waals surface area contributed by atoms with Crippen LogP contribution in [-0.2, 0) is 10.2 Å². The van der Waals surface area contributed by atoms with Crippen LogP contribution in [0.25, 0.3) is 27.8 Å². The van der Waals surface area contributed by atoms with Gasteiger partial charge in [0, 0.05) is 24.2 Å². The molecule has 1 aliphatic heterocycles. The normalized spacial score (nSPS) is 14.5.